The van der Waals surface area contributed by atoms with Gasteiger partial charge in [-0.1, -0.05) is 0 Å². The second-order valence-electron chi connectivity index (χ2n) is 5.42. The van der Waals surface area contributed by atoms with E-state index in [1.54, 1.807) is 12.3 Å². The summed E-state index contributed by atoms with van der Waals surface area (Å²) in [5.41, 5.74) is 4.59. The number of fused-ring (bicyclic) bond motifs is 1. The number of nitrogen functional groups attached to an aromatic ring is 1. The number of hydrazine groups is 1. The third-order valence-corrected chi connectivity index (χ3v) is 4.17. The SMILES string of the molecule is Cc1cc(NN)c(C(=O)N2CCOC3CCCC32)cn1. The molecular formula is C14H20N4O2. The molecular weight excluding hydrogens is 256 g/mol. The fourth-order valence-electron chi connectivity index (χ4n) is 3.18. The van der Waals surface area contributed by atoms with Crippen LogP contribution in [0.2, 0.25) is 0 Å². The van der Waals surface area contributed by atoms with Crippen LogP contribution in [0.4, 0.5) is 5.69 Å². The highest BCUT2D eigenvalue weighted by atomic mass is 16.5. The maximum atomic E-state index is 12.8. The first-order valence-electron chi connectivity index (χ1n) is 7.06. The van der Waals surface area contributed by atoms with Gasteiger partial charge in [-0.25, -0.2) is 0 Å². The summed E-state index contributed by atoms with van der Waals surface area (Å²) in [5, 5.41) is 0. The van der Waals surface area contributed by atoms with E-state index in [0.717, 1.165) is 25.0 Å². The zero-order chi connectivity index (χ0) is 14.1. The number of nitrogens with two attached hydrogens (primary N) is 1. The van der Waals surface area contributed by atoms with E-state index in [0.29, 0.717) is 24.4 Å². The van der Waals surface area contributed by atoms with E-state index in [4.69, 9.17) is 10.6 Å². The second-order valence-corrected chi connectivity index (χ2v) is 5.42. The molecule has 2 atom stereocenters. The number of ether oxygens (including phenoxy) is 1. The molecule has 1 saturated heterocycles. The molecule has 0 radical (unpaired) electrons. The summed E-state index contributed by atoms with van der Waals surface area (Å²) in [7, 11) is 0. The Morgan fingerprint density at radius 3 is 3.20 bits per heavy atom. The number of nitrogens with zero attached hydrogens (tertiary/aromatic N) is 2. The maximum Gasteiger partial charge on any atom is 0.257 e. The summed E-state index contributed by atoms with van der Waals surface area (Å²) < 4.78 is 5.74. The summed E-state index contributed by atoms with van der Waals surface area (Å²) in [4.78, 5) is 18.9. The number of hydrogen-bond acceptors (Lipinski definition) is 5. The Morgan fingerprint density at radius 2 is 2.40 bits per heavy atom. The molecule has 1 aliphatic heterocycles. The number of nitrogens with one attached hydrogen (secondary N) is 1. The molecule has 0 aromatic carbocycles. The van der Waals surface area contributed by atoms with Crippen LogP contribution in [-0.2, 0) is 4.74 Å². The van der Waals surface area contributed by atoms with Crippen LogP contribution in [0.15, 0.2) is 12.3 Å². The molecule has 20 heavy (non-hydrogen) atoms. The van der Waals surface area contributed by atoms with E-state index in [9.17, 15) is 4.79 Å². The molecule has 1 aromatic rings. The van der Waals surface area contributed by atoms with Crippen LogP contribution in [0.5, 0.6) is 0 Å². The highest BCUT2D eigenvalue weighted by Crippen LogP contribution is 2.31. The summed E-state index contributed by atoms with van der Waals surface area (Å²) in [5.74, 6) is 5.51. The molecule has 1 saturated carbocycles. The summed E-state index contributed by atoms with van der Waals surface area (Å²) in [6, 6.07) is 1.99. The van der Waals surface area contributed by atoms with Crippen molar-refractivity contribution in [3.8, 4) is 0 Å². The van der Waals surface area contributed by atoms with Gasteiger partial charge in [0.05, 0.1) is 30.0 Å². The Hall–Kier alpha value is -1.66. The topological polar surface area (TPSA) is 80.5 Å². The maximum absolute atomic E-state index is 12.8. The lowest BCUT2D eigenvalue weighted by Crippen LogP contribution is -2.51. The Balaban J connectivity index is 1.88. The lowest BCUT2D eigenvalue weighted by Gasteiger charge is -2.37. The predicted octanol–water partition coefficient (Wildman–Crippen LogP) is 1.07. The van der Waals surface area contributed by atoms with Gasteiger partial charge in [0.1, 0.15) is 0 Å². The van der Waals surface area contributed by atoms with E-state index in [-0.39, 0.29) is 18.1 Å². The number of aryl methyl sites for hydroxylation is 1. The van der Waals surface area contributed by atoms with Crippen molar-refractivity contribution >= 4 is 11.6 Å². The van der Waals surface area contributed by atoms with E-state index in [1.807, 2.05) is 11.8 Å². The Kier molecular flexibility index (Phi) is 3.58. The van der Waals surface area contributed by atoms with Crippen LogP contribution in [0, 0.1) is 6.92 Å². The lowest BCUT2D eigenvalue weighted by atomic mass is 10.1. The summed E-state index contributed by atoms with van der Waals surface area (Å²) in [6.45, 7) is 3.12. The van der Waals surface area contributed by atoms with Crippen LogP contribution >= 0.6 is 0 Å². The van der Waals surface area contributed by atoms with E-state index in [1.165, 1.54) is 0 Å². The van der Waals surface area contributed by atoms with Gasteiger partial charge in [-0.3, -0.25) is 15.6 Å². The number of carbonyl (C=O) groups is 1. The van der Waals surface area contributed by atoms with Crippen LogP contribution < -0.4 is 11.3 Å². The average Bonchev–Trinajstić information content (AvgIpc) is 2.94. The highest BCUT2D eigenvalue weighted by molar-refractivity contribution is 5.99. The van der Waals surface area contributed by atoms with Gasteiger partial charge in [0.2, 0.25) is 0 Å². The van der Waals surface area contributed by atoms with Crippen molar-refractivity contribution in [3.05, 3.63) is 23.5 Å². The quantitative estimate of drug-likeness (QED) is 0.624. The van der Waals surface area contributed by atoms with Gasteiger partial charge < -0.3 is 15.1 Å². The first-order valence-corrected chi connectivity index (χ1v) is 7.06. The van der Waals surface area contributed by atoms with E-state index < -0.39 is 0 Å². The fraction of sp³-hybridized carbons (Fsp3) is 0.571. The molecule has 3 rings (SSSR count). The molecule has 2 aliphatic rings. The zero-order valence-corrected chi connectivity index (χ0v) is 11.6. The molecule has 1 amide bonds. The van der Waals surface area contributed by atoms with Crippen LogP contribution in [-0.4, -0.2) is 41.1 Å². The number of pyridine rings is 1. The first kappa shape index (κ1) is 13.3. The number of amides is 1. The number of rotatable bonds is 2. The molecule has 2 heterocycles. The molecule has 1 aromatic heterocycles. The number of anilines is 1. The van der Waals surface area contributed by atoms with Gasteiger partial charge in [0.15, 0.2) is 0 Å². The zero-order valence-electron chi connectivity index (χ0n) is 11.6. The summed E-state index contributed by atoms with van der Waals surface area (Å²) in [6.07, 6.45) is 4.98. The van der Waals surface area contributed by atoms with E-state index in [2.05, 4.69) is 10.4 Å². The van der Waals surface area contributed by atoms with Crippen molar-refractivity contribution in [3.63, 3.8) is 0 Å². The van der Waals surface area contributed by atoms with Crippen molar-refractivity contribution < 1.29 is 9.53 Å². The van der Waals surface area contributed by atoms with E-state index >= 15 is 0 Å². The van der Waals surface area contributed by atoms with Crippen LogP contribution in [0.25, 0.3) is 0 Å². The highest BCUT2D eigenvalue weighted by Gasteiger charge is 2.39. The van der Waals surface area contributed by atoms with Gasteiger partial charge in [-0.05, 0) is 32.3 Å². The van der Waals surface area contributed by atoms with Gasteiger partial charge in [-0.15, -0.1) is 0 Å². The second kappa shape index (κ2) is 5.38. The van der Waals surface area contributed by atoms with Gasteiger partial charge in [0, 0.05) is 18.4 Å². The molecule has 6 heteroatoms. The number of carbonyl (C=O) groups excluding carboxylic acids is 1. The Morgan fingerprint density at radius 1 is 1.55 bits per heavy atom. The minimum atomic E-state index is -0.00866. The van der Waals surface area contributed by atoms with Crippen molar-refractivity contribution in [2.75, 3.05) is 18.6 Å². The lowest BCUT2D eigenvalue weighted by molar-refractivity contribution is -0.0445. The number of aromatic nitrogens is 1. The fourth-order valence-corrected chi connectivity index (χ4v) is 3.18. The van der Waals surface area contributed by atoms with Crippen molar-refractivity contribution in [2.45, 2.75) is 38.3 Å². The van der Waals surface area contributed by atoms with Crippen LogP contribution in [0.1, 0.15) is 35.3 Å². The largest absolute Gasteiger partial charge is 0.374 e. The molecule has 2 fully saturated rings. The van der Waals surface area contributed by atoms with Crippen LogP contribution in [0.3, 0.4) is 0 Å². The molecule has 2 unspecified atom stereocenters. The first-order chi connectivity index (χ1) is 9.70. The van der Waals surface area contributed by atoms with Crippen molar-refractivity contribution in [2.24, 2.45) is 5.84 Å². The molecule has 108 valence electrons. The molecule has 3 N–H and O–H groups in total. The minimum Gasteiger partial charge on any atom is -0.374 e. The van der Waals surface area contributed by atoms with Gasteiger partial charge in [0.25, 0.3) is 5.91 Å². The number of hydrogen-bond donors (Lipinski definition) is 2. The normalized spacial score (nSPS) is 25.4. The van der Waals surface area contributed by atoms with Gasteiger partial charge >= 0.3 is 0 Å². The molecule has 1 aliphatic carbocycles. The third-order valence-electron chi connectivity index (χ3n) is 4.17. The number of morpholine rings is 1. The standard InChI is InChI=1S/C14H20N4O2/c1-9-7-11(17-15)10(8-16-9)14(19)18-5-6-20-13-4-2-3-12(13)18/h7-8,12-13H,2-6,15H2,1H3,(H,16,17). The predicted molar refractivity (Wildman–Crippen MR) is 75.2 cm³/mol. The van der Waals surface area contributed by atoms with Crippen molar-refractivity contribution in [1.29, 1.82) is 0 Å². The molecule has 0 bridgehead atoms. The Labute approximate surface area is 118 Å². The third kappa shape index (κ3) is 2.25. The van der Waals surface area contributed by atoms with Gasteiger partial charge in [-0.2, -0.15) is 0 Å². The monoisotopic (exact) mass is 276 g/mol. The minimum absolute atomic E-state index is 0.00866. The smallest absolute Gasteiger partial charge is 0.257 e. The molecule has 0 spiro atoms. The summed E-state index contributed by atoms with van der Waals surface area (Å²) >= 11 is 0. The Bertz CT molecular complexity index is 520. The van der Waals surface area contributed by atoms with Crippen molar-refractivity contribution in [1.82, 2.24) is 9.88 Å². The average molecular weight is 276 g/mol. The molecule has 6 nitrogen and oxygen atoms in total.